The second-order valence-corrected chi connectivity index (χ2v) is 8.77. The highest BCUT2D eigenvalue weighted by Crippen LogP contribution is 2.47. The molecule has 35 heavy (non-hydrogen) atoms. The third-order valence-corrected chi connectivity index (χ3v) is 6.48. The Balaban J connectivity index is 1.71. The summed E-state index contributed by atoms with van der Waals surface area (Å²) in [4.78, 5) is 15.5. The van der Waals surface area contributed by atoms with E-state index in [1.165, 1.54) is 0 Å². The summed E-state index contributed by atoms with van der Waals surface area (Å²) in [7, 11) is 3.18. The molecule has 3 aromatic carbocycles. The van der Waals surface area contributed by atoms with E-state index < -0.39 is 6.04 Å². The van der Waals surface area contributed by atoms with E-state index in [4.69, 9.17) is 9.47 Å². The van der Waals surface area contributed by atoms with Crippen LogP contribution in [0.3, 0.4) is 0 Å². The molecule has 0 fully saturated rings. The molecule has 1 amide bonds. The van der Waals surface area contributed by atoms with E-state index in [9.17, 15) is 9.90 Å². The molecule has 5 rings (SSSR count). The van der Waals surface area contributed by atoms with Crippen LogP contribution in [0.1, 0.15) is 44.3 Å². The quantitative estimate of drug-likeness (QED) is 0.407. The fourth-order valence-corrected chi connectivity index (χ4v) is 4.86. The number of carbonyl (C=O) groups excluding carboxylic acids is 1. The van der Waals surface area contributed by atoms with E-state index in [-0.39, 0.29) is 11.7 Å². The van der Waals surface area contributed by atoms with Gasteiger partial charge in [0, 0.05) is 17.7 Å². The molecule has 1 aromatic heterocycles. The number of aryl methyl sites for hydroxylation is 2. The number of aromatic amines is 1. The van der Waals surface area contributed by atoms with Gasteiger partial charge in [-0.1, -0.05) is 42.5 Å². The zero-order chi connectivity index (χ0) is 24.7. The molecule has 0 spiro atoms. The van der Waals surface area contributed by atoms with Crippen molar-refractivity contribution in [3.05, 3.63) is 94.2 Å². The van der Waals surface area contributed by atoms with Crippen LogP contribution in [0.4, 0.5) is 0 Å². The van der Waals surface area contributed by atoms with Gasteiger partial charge in [0.2, 0.25) is 0 Å². The van der Waals surface area contributed by atoms with Crippen LogP contribution in [0.25, 0.3) is 11.3 Å². The van der Waals surface area contributed by atoms with Crippen LogP contribution in [-0.2, 0) is 6.54 Å². The van der Waals surface area contributed by atoms with Crippen molar-refractivity contribution in [3.63, 3.8) is 0 Å². The molecule has 1 aliphatic rings. The number of phenolic OH excluding ortho intramolecular Hbond substituents is 1. The fourth-order valence-electron chi connectivity index (χ4n) is 4.86. The van der Waals surface area contributed by atoms with Crippen molar-refractivity contribution in [2.24, 2.45) is 0 Å². The average Bonchev–Trinajstić information content (AvgIpc) is 3.40. The third kappa shape index (κ3) is 3.79. The molecule has 1 unspecified atom stereocenters. The van der Waals surface area contributed by atoms with Crippen LogP contribution < -0.4 is 9.47 Å². The summed E-state index contributed by atoms with van der Waals surface area (Å²) in [5.41, 5.74) is 5.95. The van der Waals surface area contributed by atoms with E-state index in [0.717, 1.165) is 27.8 Å². The Labute approximate surface area is 203 Å². The summed E-state index contributed by atoms with van der Waals surface area (Å²) >= 11 is 0. The van der Waals surface area contributed by atoms with Crippen LogP contribution in [-0.4, -0.2) is 40.3 Å². The molecule has 0 aliphatic carbocycles. The predicted octanol–water partition coefficient (Wildman–Crippen LogP) is 5.16. The van der Waals surface area contributed by atoms with Gasteiger partial charge in [-0.15, -0.1) is 0 Å². The number of ether oxygens (including phenoxy) is 2. The smallest absolute Gasteiger partial charge is 0.273 e. The van der Waals surface area contributed by atoms with Gasteiger partial charge in [0.25, 0.3) is 5.91 Å². The SMILES string of the molecule is COc1ccc(C2c3c(-c4cc(C)cc(C)c4O)n[nH]c3C(=O)N2Cc2ccccc2)cc1OC. The van der Waals surface area contributed by atoms with Crippen molar-refractivity contribution in [1.82, 2.24) is 15.1 Å². The Morgan fingerprint density at radius 1 is 1.00 bits per heavy atom. The van der Waals surface area contributed by atoms with Crippen molar-refractivity contribution < 1.29 is 19.4 Å². The Morgan fingerprint density at radius 3 is 2.46 bits per heavy atom. The highest BCUT2D eigenvalue weighted by Gasteiger charge is 2.43. The number of H-pyrrole nitrogens is 1. The van der Waals surface area contributed by atoms with Gasteiger partial charge in [0.05, 0.1) is 20.3 Å². The maximum Gasteiger partial charge on any atom is 0.273 e. The van der Waals surface area contributed by atoms with Crippen LogP contribution >= 0.6 is 0 Å². The first-order chi connectivity index (χ1) is 16.9. The van der Waals surface area contributed by atoms with E-state index in [2.05, 4.69) is 10.2 Å². The van der Waals surface area contributed by atoms with Crippen molar-refractivity contribution >= 4 is 5.91 Å². The number of nitrogens with one attached hydrogen (secondary N) is 1. The first-order valence-corrected chi connectivity index (χ1v) is 11.4. The number of aromatic nitrogens is 2. The van der Waals surface area contributed by atoms with Crippen molar-refractivity contribution in [3.8, 4) is 28.5 Å². The van der Waals surface area contributed by atoms with Gasteiger partial charge in [-0.3, -0.25) is 9.89 Å². The number of benzene rings is 3. The number of fused-ring (bicyclic) bond motifs is 1. The molecule has 0 bridgehead atoms. The third-order valence-electron chi connectivity index (χ3n) is 6.48. The number of aromatic hydroxyl groups is 1. The van der Waals surface area contributed by atoms with E-state index >= 15 is 0 Å². The fraction of sp³-hybridized carbons (Fsp3) is 0.214. The number of methoxy groups -OCH3 is 2. The predicted molar refractivity (Wildman–Crippen MR) is 133 cm³/mol. The summed E-state index contributed by atoms with van der Waals surface area (Å²) in [6.07, 6.45) is 0. The lowest BCUT2D eigenvalue weighted by atomic mass is 9.93. The number of hydrogen-bond donors (Lipinski definition) is 2. The molecule has 0 saturated heterocycles. The monoisotopic (exact) mass is 469 g/mol. The largest absolute Gasteiger partial charge is 0.507 e. The Morgan fingerprint density at radius 2 is 1.74 bits per heavy atom. The summed E-state index contributed by atoms with van der Waals surface area (Å²) in [5.74, 6) is 1.19. The van der Waals surface area contributed by atoms with E-state index in [1.54, 1.807) is 14.2 Å². The molecule has 0 radical (unpaired) electrons. The summed E-state index contributed by atoms with van der Waals surface area (Å²) in [6.45, 7) is 4.25. The number of nitrogens with zero attached hydrogens (tertiary/aromatic N) is 2. The topological polar surface area (TPSA) is 87.7 Å². The normalized spacial score (nSPS) is 14.8. The number of phenols is 1. The lowest BCUT2D eigenvalue weighted by Crippen LogP contribution is -2.29. The van der Waals surface area contributed by atoms with E-state index in [0.29, 0.717) is 35.0 Å². The first kappa shape index (κ1) is 22.5. The number of rotatable bonds is 6. The zero-order valence-electron chi connectivity index (χ0n) is 20.1. The molecular weight excluding hydrogens is 442 g/mol. The van der Waals surface area contributed by atoms with Crippen molar-refractivity contribution in [2.45, 2.75) is 26.4 Å². The Hall–Kier alpha value is -4.26. The van der Waals surface area contributed by atoms with Crippen molar-refractivity contribution in [1.29, 1.82) is 0 Å². The maximum absolute atomic E-state index is 13.7. The minimum absolute atomic E-state index is 0.147. The maximum atomic E-state index is 13.7. The average molecular weight is 470 g/mol. The minimum Gasteiger partial charge on any atom is -0.507 e. The lowest BCUT2D eigenvalue weighted by molar-refractivity contribution is 0.0730. The summed E-state index contributed by atoms with van der Waals surface area (Å²) < 4.78 is 11.0. The van der Waals surface area contributed by atoms with Crippen LogP contribution in [0.5, 0.6) is 17.2 Å². The standard InChI is InChI=1S/C28H27N3O4/c1-16-12-17(2)27(32)20(13-16)24-23-25(30-29-24)28(33)31(15-18-8-6-5-7-9-18)26(23)19-10-11-21(34-3)22(14-19)35-4/h5-14,26,32H,15H2,1-4H3,(H,29,30). The van der Waals surface area contributed by atoms with Crippen LogP contribution in [0, 0.1) is 13.8 Å². The second-order valence-electron chi connectivity index (χ2n) is 8.77. The number of hydrogen-bond acceptors (Lipinski definition) is 5. The van der Waals surface area contributed by atoms with Gasteiger partial charge in [-0.05, 0) is 54.3 Å². The van der Waals surface area contributed by atoms with Gasteiger partial charge in [0.15, 0.2) is 11.5 Å². The molecule has 4 aromatic rings. The lowest BCUT2D eigenvalue weighted by Gasteiger charge is -2.27. The Kier molecular flexibility index (Phi) is 5.68. The molecule has 2 N–H and O–H groups in total. The summed E-state index contributed by atoms with van der Waals surface area (Å²) in [6, 6.07) is 18.9. The molecule has 1 aliphatic heterocycles. The van der Waals surface area contributed by atoms with Crippen LogP contribution in [0.15, 0.2) is 60.7 Å². The van der Waals surface area contributed by atoms with Gasteiger partial charge in [-0.25, -0.2) is 0 Å². The highest BCUT2D eigenvalue weighted by molar-refractivity contribution is 6.00. The van der Waals surface area contributed by atoms with Gasteiger partial charge >= 0.3 is 0 Å². The molecule has 0 saturated carbocycles. The number of amides is 1. The molecule has 7 nitrogen and oxygen atoms in total. The molecule has 1 atom stereocenters. The Bertz CT molecular complexity index is 1410. The van der Waals surface area contributed by atoms with Gasteiger partial charge in [0.1, 0.15) is 17.1 Å². The minimum atomic E-state index is -0.438. The second kappa shape index (κ2) is 8.83. The first-order valence-electron chi connectivity index (χ1n) is 11.4. The van der Waals surface area contributed by atoms with E-state index in [1.807, 2.05) is 79.4 Å². The number of carbonyl (C=O) groups is 1. The molecule has 7 heteroatoms. The van der Waals surface area contributed by atoms with Gasteiger partial charge < -0.3 is 19.5 Å². The molecular formula is C28H27N3O4. The highest BCUT2D eigenvalue weighted by atomic mass is 16.5. The molecule has 178 valence electrons. The summed E-state index contributed by atoms with van der Waals surface area (Å²) in [5, 5.41) is 18.4. The molecule has 2 heterocycles. The zero-order valence-corrected chi connectivity index (χ0v) is 20.1. The van der Waals surface area contributed by atoms with Gasteiger partial charge in [-0.2, -0.15) is 5.10 Å². The van der Waals surface area contributed by atoms with Crippen molar-refractivity contribution in [2.75, 3.05) is 14.2 Å². The van der Waals surface area contributed by atoms with Crippen LogP contribution in [0.2, 0.25) is 0 Å².